The van der Waals surface area contributed by atoms with Crippen molar-refractivity contribution in [3.8, 4) is 0 Å². The summed E-state index contributed by atoms with van der Waals surface area (Å²) in [6.45, 7) is 5.88. The van der Waals surface area contributed by atoms with Gasteiger partial charge in [0, 0.05) is 0 Å². The summed E-state index contributed by atoms with van der Waals surface area (Å²) < 4.78 is 4.88. The van der Waals surface area contributed by atoms with Crippen molar-refractivity contribution < 1.29 is 19.4 Å². The van der Waals surface area contributed by atoms with Crippen LogP contribution in [0.25, 0.3) is 0 Å². The van der Waals surface area contributed by atoms with Crippen molar-refractivity contribution in [2.75, 3.05) is 6.61 Å². The summed E-state index contributed by atoms with van der Waals surface area (Å²) in [6, 6.07) is 0. The van der Waals surface area contributed by atoms with Gasteiger partial charge in [0.15, 0.2) is 0 Å². The Balaban J connectivity index is 3.42. The van der Waals surface area contributed by atoms with Gasteiger partial charge in [-0.2, -0.15) is 0 Å². The van der Waals surface area contributed by atoms with Gasteiger partial charge in [-0.1, -0.05) is 141 Å². The largest absolute Gasteiger partial charge is 0.481 e. The summed E-state index contributed by atoms with van der Waals surface area (Å²) in [5, 5.41) is 9.25. The summed E-state index contributed by atoms with van der Waals surface area (Å²) in [7, 11) is 0. The normalized spacial score (nSPS) is 12.1. The number of carbonyl (C=O) groups excluding carboxylic acids is 1. The standard InChI is InChI=1S/C30H54O4/c1-3-5-6-7-8-9-10-11-12-13-14-15-16-17-18-19-20-21-22-23-24-25-28(30(32)33)27-29(31)34-26-4-2/h4,23-24,28H,2-3,5-22,25-27H2,1H3,(H,32,33)/b24-23+. The maximum absolute atomic E-state index is 11.6. The van der Waals surface area contributed by atoms with Crippen molar-refractivity contribution in [3.63, 3.8) is 0 Å². The third-order valence-corrected chi connectivity index (χ3v) is 6.44. The van der Waals surface area contributed by atoms with Crippen LogP contribution in [0.5, 0.6) is 0 Å². The van der Waals surface area contributed by atoms with Gasteiger partial charge in [-0.05, 0) is 19.3 Å². The van der Waals surface area contributed by atoms with E-state index in [2.05, 4.69) is 19.6 Å². The molecule has 0 bridgehead atoms. The van der Waals surface area contributed by atoms with Crippen LogP contribution in [0, 0.1) is 5.92 Å². The number of hydrogen-bond donors (Lipinski definition) is 1. The molecule has 1 unspecified atom stereocenters. The maximum Gasteiger partial charge on any atom is 0.307 e. The molecule has 1 N–H and O–H groups in total. The predicted molar refractivity (Wildman–Crippen MR) is 144 cm³/mol. The van der Waals surface area contributed by atoms with Crippen LogP contribution in [-0.2, 0) is 14.3 Å². The van der Waals surface area contributed by atoms with Gasteiger partial charge in [0.2, 0.25) is 0 Å². The Bertz CT molecular complexity index is 512. The Labute approximate surface area is 210 Å². The topological polar surface area (TPSA) is 63.6 Å². The van der Waals surface area contributed by atoms with E-state index in [0.29, 0.717) is 6.42 Å². The predicted octanol–water partition coefficient (Wildman–Crippen LogP) is 9.18. The third-order valence-electron chi connectivity index (χ3n) is 6.44. The van der Waals surface area contributed by atoms with Crippen molar-refractivity contribution in [1.82, 2.24) is 0 Å². The van der Waals surface area contributed by atoms with Crippen LogP contribution in [0.3, 0.4) is 0 Å². The van der Waals surface area contributed by atoms with Crippen molar-refractivity contribution in [3.05, 3.63) is 24.8 Å². The molecule has 0 aliphatic heterocycles. The fourth-order valence-electron chi connectivity index (χ4n) is 4.23. The maximum atomic E-state index is 11.6. The second-order valence-corrected chi connectivity index (χ2v) is 9.72. The van der Waals surface area contributed by atoms with Crippen molar-refractivity contribution >= 4 is 11.9 Å². The van der Waals surface area contributed by atoms with E-state index in [1.807, 2.05) is 6.08 Å². The first-order valence-electron chi connectivity index (χ1n) is 14.3. The third kappa shape index (κ3) is 23.6. The lowest BCUT2D eigenvalue weighted by atomic mass is 10.0. The molecular weight excluding hydrogens is 424 g/mol. The molecule has 0 amide bonds. The minimum Gasteiger partial charge on any atom is -0.481 e. The molecule has 0 radical (unpaired) electrons. The molecule has 0 saturated carbocycles. The Morgan fingerprint density at radius 2 is 1.18 bits per heavy atom. The van der Waals surface area contributed by atoms with E-state index in [-0.39, 0.29) is 13.0 Å². The fraction of sp³-hybridized carbons (Fsp3) is 0.800. The molecule has 1 atom stereocenters. The van der Waals surface area contributed by atoms with E-state index in [1.165, 1.54) is 115 Å². The Kier molecular flexibility index (Phi) is 24.8. The molecule has 34 heavy (non-hydrogen) atoms. The highest BCUT2D eigenvalue weighted by atomic mass is 16.5. The van der Waals surface area contributed by atoms with Gasteiger partial charge in [0.05, 0.1) is 12.3 Å². The van der Waals surface area contributed by atoms with Crippen molar-refractivity contribution in [2.45, 2.75) is 142 Å². The van der Waals surface area contributed by atoms with E-state index in [9.17, 15) is 14.7 Å². The summed E-state index contributed by atoms with van der Waals surface area (Å²) in [6.07, 6.45) is 31.4. The first-order valence-corrected chi connectivity index (χ1v) is 14.3. The molecule has 0 aromatic heterocycles. The molecule has 4 nitrogen and oxygen atoms in total. The minimum absolute atomic E-state index is 0.0906. The molecule has 0 fully saturated rings. The lowest BCUT2D eigenvalue weighted by Crippen LogP contribution is -2.19. The SMILES string of the molecule is C=CCOC(=O)CC(C/C=C/CCCCCCCCCCCCCCCCCCCC)C(=O)O. The van der Waals surface area contributed by atoms with E-state index >= 15 is 0 Å². The quantitative estimate of drug-likeness (QED) is 0.0764. The zero-order valence-electron chi connectivity index (χ0n) is 22.2. The van der Waals surface area contributed by atoms with Gasteiger partial charge < -0.3 is 9.84 Å². The van der Waals surface area contributed by atoms with Crippen molar-refractivity contribution in [1.29, 1.82) is 0 Å². The second-order valence-electron chi connectivity index (χ2n) is 9.72. The number of carbonyl (C=O) groups is 2. The molecule has 0 aromatic rings. The summed E-state index contributed by atoms with van der Waals surface area (Å²) in [5.74, 6) is -2.15. The van der Waals surface area contributed by atoms with Crippen LogP contribution < -0.4 is 0 Å². The van der Waals surface area contributed by atoms with Crippen LogP contribution in [0.2, 0.25) is 0 Å². The highest BCUT2D eigenvalue weighted by Gasteiger charge is 2.20. The highest BCUT2D eigenvalue weighted by molar-refractivity contribution is 5.78. The van der Waals surface area contributed by atoms with Crippen LogP contribution >= 0.6 is 0 Å². The zero-order valence-corrected chi connectivity index (χ0v) is 22.2. The number of ether oxygens (including phenoxy) is 1. The van der Waals surface area contributed by atoms with Crippen LogP contribution in [0.15, 0.2) is 24.8 Å². The lowest BCUT2D eigenvalue weighted by Gasteiger charge is -2.09. The number of unbranched alkanes of at least 4 members (excludes halogenated alkanes) is 18. The van der Waals surface area contributed by atoms with Crippen LogP contribution in [0.1, 0.15) is 142 Å². The number of carboxylic acids is 1. The van der Waals surface area contributed by atoms with Gasteiger partial charge in [0.25, 0.3) is 0 Å². The monoisotopic (exact) mass is 478 g/mol. The molecule has 0 heterocycles. The molecule has 4 heteroatoms. The van der Waals surface area contributed by atoms with Gasteiger partial charge >= 0.3 is 11.9 Å². The summed E-state index contributed by atoms with van der Waals surface area (Å²) in [4.78, 5) is 22.9. The van der Waals surface area contributed by atoms with Crippen molar-refractivity contribution in [2.24, 2.45) is 5.92 Å². The number of aliphatic carboxylic acids is 1. The van der Waals surface area contributed by atoms with Gasteiger partial charge in [-0.3, -0.25) is 9.59 Å². The van der Waals surface area contributed by atoms with Gasteiger partial charge in [-0.15, -0.1) is 0 Å². The van der Waals surface area contributed by atoms with E-state index < -0.39 is 17.9 Å². The molecule has 0 aliphatic rings. The van der Waals surface area contributed by atoms with Gasteiger partial charge in [-0.25, -0.2) is 0 Å². The fourth-order valence-corrected chi connectivity index (χ4v) is 4.23. The first kappa shape index (κ1) is 32.4. The van der Waals surface area contributed by atoms with E-state index in [4.69, 9.17) is 4.74 Å². The smallest absolute Gasteiger partial charge is 0.307 e. The number of rotatable bonds is 26. The average Bonchev–Trinajstić information content (AvgIpc) is 2.82. The molecule has 198 valence electrons. The Morgan fingerprint density at radius 3 is 1.59 bits per heavy atom. The molecule has 0 saturated heterocycles. The average molecular weight is 479 g/mol. The van der Waals surface area contributed by atoms with E-state index in [0.717, 1.165) is 12.8 Å². The van der Waals surface area contributed by atoms with Crippen LogP contribution in [0.4, 0.5) is 0 Å². The second kappa shape index (κ2) is 26.0. The van der Waals surface area contributed by atoms with Crippen LogP contribution in [-0.4, -0.2) is 23.7 Å². The summed E-state index contributed by atoms with van der Waals surface area (Å²) in [5.41, 5.74) is 0. The Hall–Kier alpha value is -1.58. The molecule has 0 spiro atoms. The molecule has 0 rings (SSSR count). The molecule has 0 aliphatic carbocycles. The highest BCUT2D eigenvalue weighted by Crippen LogP contribution is 2.15. The molecule has 0 aromatic carbocycles. The van der Waals surface area contributed by atoms with Gasteiger partial charge in [0.1, 0.15) is 6.61 Å². The van der Waals surface area contributed by atoms with E-state index in [1.54, 1.807) is 0 Å². The zero-order chi connectivity index (χ0) is 25.1. The number of hydrogen-bond acceptors (Lipinski definition) is 3. The number of carboxylic acid groups (broad SMARTS) is 1. The lowest BCUT2D eigenvalue weighted by molar-refractivity contribution is -0.150. The number of esters is 1. The molecular formula is C30H54O4. The number of allylic oxidation sites excluding steroid dienone is 2. The minimum atomic E-state index is -0.951. The first-order chi connectivity index (χ1) is 16.6. The summed E-state index contributed by atoms with van der Waals surface area (Å²) >= 11 is 0. The Morgan fingerprint density at radius 1 is 0.735 bits per heavy atom.